The lowest BCUT2D eigenvalue weighted by molar-refractivity contribution is 0.388. The van der Waals surface area contributed by atoms with Crippen molar-refractivity contribution in [1.29, 1.82) is 0 Å². The van der Waals surface area contributed by atoms with Crippen LogP contribution in [0.2, 0.25) is 0 Å². The minimum Gasteiger partial charge on any atom is -0.378 e. The molecule has 0 fully saturated rings. The van der Waals surface area contributed by atoms with Gasteiger partial charge in [0.15, 0.2) is 0 Å². The molecule has 0 atom stereocenters. The van der Waals surface area contributed by atoms with Crippen molar-refractivity contribution in [1.82, 2.24) is 10.5 Å². The smallest absolute Gasteiger partial charge is 0.133 e. The van der Waals surface area contributed by atoms with Crippen LogP contribution < -0.4 is 10.2 Å². The number of benzene rings is 1. The van der Waals surface area contributed by atoms with Crippen LogP contribution in [0.4, 0.5) is 5.69 Å². The quantitative estimate of drug-likeness (QED) is 0.878. The Balaban J connectivity index is 1.83. The molecule has 0 spiro atoms. The van der Waals surface area contributed by atoms with E-state index in [1.807, 2.05) is 27.1 Å². The van der Waals surface area contributed by atoms with E-state index in [-0.39, 0.29) is 0 Å². The highest BCUT2D eigenvalue weighted by atomic mass is 16.5. The number of anilines is 1. The lowest BCUT2D eigenvalue weighted by Crippen LogP contribution is -2.13. The highest BCUT2D eigenvalue weighted by molar-refractivity contribution is 5.45. The summed E-state index contributed by atoms with van der Waals surface area (Å²) in [5.74, 6) is 0.849. The topological polar surface area (TPSA) is 41.3 Å². The molecule has 2 aromatic rings. The van der Waals surface area contributed by atoms with Crippen molar-refractivity contribution < 1.29 is 4.52 Å². The second-order valence-electron chi connectivity index (χ2n) is 4.59. The Morgan fingerprint density at radius 2 is 1.89 bits per heavy atom. The van der Waals surface area contributed by atoms with Crippen LogP contribution in [0.3, 0.4) is 0 Å². The summed E-state index contributed by atoms with van der Waals surface area (Å²) in [4.78, 5) is 2.09. The summed E-state index contributed by atoms with van der Waals surface area (Å²) in [7, 11) is 4.08. The summed E-state index contributed by atoms with van der Waals surface area (Å²) in [6.45, 7) is 3.46. The van der Waals surface area contributed by atoms with Crippen molar-refractivity contribution in [2.24, 2.45) is 0 Å². The Kier molecular flexibility index (Phi) is 3.99. The Labute approximate surface area is 108 Å². The molecule has 1 aromatic heterocycles. The molecule has 0 radical (unpaired) electrons. The molecule has 1 N–H and O–H groups in total. The molecule has 0 aliphatic rings. The average molecular weight is 245 g/mol. The Morgan fingerprint density at radius 3 is 2.44 bits per heavy atom. The van der Waals surface area contributed by atoms with E-state index in [4.69, 9.17) is 4.52 Å². The molecule has 0 aliphatic carbocycles. The summed E-state index contributed by atoms with van der Waals surface area (Å²) >= 11 is 0. The van der Waals surface area contributed by atoms with Gasteiger partial charge in [0, 0.05) is 38.9 Å². The van der Waals surface area contributed by atoms with Crippen LogP contribution in [0.5, 0.6) is 0 Å². The Hall–Kier alpha value is -1.81. The first-order valence-electron chi connectivity index (χ1n) is 6.04. The normalized spacial score (nSPS) is 10.6. The van der Waals surface area contributed by atoms with Crippen LogP contribution in [0, 0.1) is 6.92 Å². The van der Waals surface area contributed by atoms with Crippen LogP contribution in [0.15, 0.2) is 34.9 Å². The summed E-state index contributed by atoms with van der Waals surface area (Å²) in [5.41, 5.74) is 3.42. The summed E-state index contributed by atoms with van der Waals surface area (Å²) in [6, 6.07) is 10.5. The van der Waals surface area contributed by atoms with Gasteiger partial charge >= 0.3 is 0 Å². The zero-order chi connectivity index (χ0) is 13.0. The molecule has 4 heteroatoms. The van der Waals surface area contributed by atoms with Crippen molar-refractivity contribution >= 4 is 5.69 Å². The predicted octanol–water partition coefficient (Wildman–Crippen LogP) is 2.34. The van der Waals surface area contributed by atoms with Gasteiger partial charge in [-0.15, -0.1) is 0 Å². The maximum atomic E-state index is 5.01. The molecule has 96 valence electrons. The third kappa shape index (κ3) is 3.34. The minimum absolute atomic E-state index is 0.729. The van der Waals surface area contributed by atoms with Gasteiger partial charge in [0.05, 0.1) is 5.69 Å². The molecule has 4 nitrogen and oxygen atoms in total. The molecule has 0 saturated carbocycles. The molecule has 1 heterocycles. The van der Waals surface area contributed by atoms with Crippen molar-refractivity contribution in [2.75, 3.05) is 19.0 Å². The first kappa shape index (κ1) is 12.6. The Bertz CT molecular complexity index is 488. The van der Waals surface area contributed by atoms with Gasteiger partial charge in [-0.3, -0.25) is 0 Å². The van der Waals surface area contributed by atoms with Crippen LogP contribution in [-0.2, 0) is 13.1 Å². The van der Waals surface area contributed by atoms with Gasteiger partial charge in [-0.1, -0.05) is 17.3 Å². The fourth-order valence-corrected chi connectivity index (χ4v) is 1.75. The monoisotopic (exact) mass is 245 g/mol. The summed E-state index contributed by atoms with van der Waals surface area (Å²) < 4.78 is 5.01. The molecular weight excluding hydrogens is 226 g/mol. The number of hydrogen-bond acceptors (Lipinski definition) is 4. The third-order valence-electron chi connectivity index (χ3n) is 2.76. The molecule has 0 amide bonds. The first-order valence-corrected chi connectivity index (χ1v) is 6.04. The maximum absolute atomic E-state index is 5.01. The number of rotatable bonds is 5. The second kappa shape index (κ2) is 5.69. The van der Waals surface area contributed by atoms with E-state index in [9.17, 15) is 0 Å². The van der Waals surface area contributed by atoms with E-state index in [0.717, 1.165) is 24.5 Å². The fraction of sp³-hybridized carbons (Fsp3) is 0.357. The van der Waals surface area contributed by atoms with Crippen LogP contribution in [0.1, 0.15) is 17.0 Å². The van der Waals surface area contributed by atoms with E-state index in [1.54, 1.807) is 0 Å². The van der Waals surface area contributed by atoms with Crippen molar-refractivity contribution in [3.63, 3.8) is 0 Å². The molecule has 0 saturated heterocycles. The van der Waals surface area contributed by atoms with Crippen LogP contribution in [0.25, 0.3) is 0 Å². The first-order chi connectivity index (χ1) is 8.65. The van der Waals surface area contributed by atoms with E-state index in [2.05, 4.69) is 39.6 Å². The number of hydrogen-bond donors (Lipinski definition) is 1. The zero-order valence-corrected chi connectivity index (χ0v) is 11.1. The van der Waals surface area contributed by atoms with Crippen molar-refractivity contribution in [3.05, 3.63) is 47.3 Å². The molecule has 2 rings (SSSR count). The minimum atomic E-state index is 0.729. The highest BCUT2D eigenvalue weighted by Gasteiger charge is 2.00. The number of aryl methyl sites for hydroxylation is 1. The van der Waals surface area contributed by atoms with E-state index in [1.165, 1.54) is 11.3 Å². The van der Waals surface area contributed by atoms with E-state index < -0.39 is 0 Å². The van der Waals surface area contributed by atoms with Gasteiger partial charge in [-0.2, -0.15) is 0 Å². The van der Waals surface area contributed by atoms with Gasteiger partial charge in [0.1, 0.15) is 5.76 Å². The van der Waals surface area contributed by atoms with Gasteiger partial charge < -0.3 is 14.7 Å². The van der Waals surface area contributed by atoms with Crippen LogP contribution >= 0.6 is 0 Å². The van der Waals surface area contributed by atoms with Crippen LogP contribution in [-0.4, -0.2) is 19.3 Å². The summed E-state index contributed by atoms with van der Waals surface area (Å²) in [5, 5.41) is 7.28. The highest BCUT2D eigenvalue weighted by Crippen LogP contribution is 2.12. The standard InChI is InChI=1S/C14H19N3O/c1-11-8-13(16-18-11)10-15-9-12-4-6-14(7-5-12)17(2)3/h4-8,15H,9-10H2,1-3H3. The third-order valence-corrected chi connectivity index (χ3v) is 2.76. The van der Waals surface area contributed by atoms with E-state index in [0.29, 0.717) is 0 Å². The molecular formula is C14H19N3O. The molecule has 0 bridgehead atoms. The number of aromatic nitrogens is 1. The largest absolute Gasteiger partial charge is 0.378 e. The number of nitrogens with zero attached hydrogens (tertiary/aromatic N) is 2. The molecule has 0 unspecified atom stereocenters. The fourth-order valence-electron chi connectivity index (χ4n) is 1.75. The predicted molar refractivity (Wildman–Crippen MR) is 72.6 cm³/mol. The lowest BCUT2D eigenvalue weighted by atomic mass is 10.2. The molecule has 1 aromatic carbocycles. The summed E-state index contributed by atoms with van der Waals surface area (Å²) in [6.07, 6.45) is 0. The van der Waals surface area contributed by atoms with Crippen molar-refractivity contribution in [3.8, 4) is 0 Å². The van der Waals surface area contributed by atoms with Crippen molar-refractivity contribution in [2.45, 2.75) is 20.0 Å². The lowest BCUT2D eigenvalue weighted by Gasteiger charge is -2.12. The zero-order valence-electron chi connectivity index (χ0n) is 11.1. The number of nitrogens with one attached hydrogen (secondary N) is 1. The van der Waals surface area contributed by atoms with Gasteiger partial charge in [-0.25, -0.2) is 0 Å². The van der Waals surface area contributed by atoms with E-state index >= 15 is 0 Å². The Morgan fingerprint density at radius 1 is 1.17 bits per heavy atom. The van der Waals surface area contributed by atoms with Gasteiger partial charge in [0.2, 0.25) is 0 Å². The molecule has 18 heavy (non-hydrogen) atoms. The average Bonchev–Trinajstić information content (AvgIpc) is 2.76. The molecule has 0 aliphatic heterocycles. The van der Waals surface area contributed by atoms with Gasteiger partial charge in [-0.05, 0) is 24.6 Å². The SMILES string of the molecule is Cc1cc(CNCc2ccc(N(C)C)cc2)no1. The maximum Gasteiger partial charge on any atom is 0.133 e. The second-order valence-corrected chi connectivity index (χ2v) is 4.59. The van der Waals surface area contributed by atoms with Gasteiger partial charge in [0.25, 0.3) is 0 Å².